The third-order valence-corrected chi connectivity index (χ3v) is 5.96. The average Bonchev–Trinajstić information content (AvgIpc) is 2.83. The van der Waals surface area contributed by atoms with Crippen molar-refractivity contribution in [1.29, 1.82) is 0 Å². The normalized spacial score (nSPS) is 15.4. The molecule has 2 aromatic carbocycles. The summed E-state index contributed by atoms with van der Waals surface area (Å²) in [4.78, 5) is 0. The molecule has 0 aliphatic carbocycles. The van der Waals surface area contributed by atoms with Gasteiger partial charge in [0, 0.05) is 5.56 Å². The highest BCUT2D eigenvalue weighted by Crippen LogP contribution is 2.55. The lowest BCUT2D eigenvalue weighted by molar-refractivity contribution is -0.382. The molecule has 4 nitrogen and oxygen atoms in total. The standard InChI is InChI=1S/C20H11F14NO3S/c21-13(15(22)23)16(24,25)14(12-9-5-4-8-11(12)10-6-2-1-3-7-10)35-38-39(36,37)20(33,34)18(28,29)17(26,27)19(30,31)32/h1-9,13,15H. The van der Waals surface area contributed by atoms with Crippen LogP contribution in [-0.4, -0.2) is 55.9 Å². The van der Waals surface area contributed by atoms with E-state index in [1.165, 1.54) is 30.3 Å². The van der Waals surface area contributed by atoms with Gasteiger partial charge in [-0.1, -0.05) is 59.8 Å². The highest BCUT2D eigenvalue weighted by Gasteiger charge is 2.86. The number of alkyl halides is 14. The molecule has 0 saturated heterocycles. The van der Waals surface area contributed by atoms with E-state index >= 15 is 0 Å². The number of rotatable bonds is 10. The first-order chi connectivity index (χ1) is 17.5. The lowest BCUT2D eigenvalue weighted by Crippen LogP contribution is -2.63. The van der Waals surface area contributed by atoms with Crippen molar-refractivity contribution in [2.45, 2.75) is 41.8 Å². The van der Waals surface area contributed by atoms with Gasteiger partial charge in [-0.05, 0) is 11.1 Å². The van der Waals surface area contributed by atoms with Crippen LogP contribution in [0.1, 0.15) is 5.56 Å². The van der Waals surface area contributed by atoms with Gasteiger partial charge < -0.3 is 0 Å². The van der Waals surface area contributed by atoms with Crippen LogP contribution in [0.15, 0.2) is 59.8 Å². The Morgan fingerprint density at radius 3 is 1.69 bits per heavy atom. The summed E-state index contributed by atoms with van der Waals surface area (Å²) in [5, 5.41) is -5.60. The molecule has 0 heterocycles. The maximum Gasteiger partial charge on any atom is 0.460 e. The van der Waals surface area contributed by atoms with Crippen LogP contribution in [0.5, 0.6) is 0 Å². The van der Waals surface area contributed by atoms with E-state index < -0.39 is 68.8 Å². The summed E-state index contributed by atoms with van der Waals surface area (Å²) in [7, 11) is -7.84. The molecule has 2 rings (SSSR count). The fourth-order valence-electron chi connectivity index (χ4n) is 2.79. The van der Waals surface area contributed by atoms with Gasteiger partial charge in [0.1, 0.15) is 0 Å². The van der Waals surface area contributed by atoms with Gasteiger partial charge >= 0.3 is 39.3 Å². The molecule has 0 N–H and O–H groups in total. The van der Waals surface area contributed by atoms with Crippen LogP contribution in [-0.2, 0) is 14.4 Å². The Morgan fingerprint density at radius 2 is 1.21 bits per heavy atom. The number of hydrogen-bond acceptors (Lipinski definition) is 4. The van der Waals surface area contributed by atoms with Crippen molar-refractivity contribution in [2.75, 3.05) is 0 Å². The Labute approximate surface area is 209 Å². The van der Waals surface area contributed by atoms with E-state index in [9.17, 15) is 69.9 Å². The number of oxime groups is 1. The van der Waals surface area contributed by atoms with Crippen LogP contribution in [0.2, 0.25) is 0 Å². The number of halogens is 14. The minimum atomic E-state index is -7.84. The molecule has 39 heavy (non-hydrogen) atoms. The number of benzene rings is 2. The van der Waals surface area contributed by atoms with Crippen molar-refractivity contribution in [3.8, 4) is 11.1 Å². The van der Waals surface area contributed by atoms with Gasteiger partial charge in [0.05, 0.1) is 0 Å². The van der Waals surface area contributed by atoms with Gasteiger partial charge in [0.2, 0.25) is 6.17 Å². The van der Waals surface area contributed by atoms with Crippen molar-refractivity contribution in [3.63, 3.8) is 0 Å². The molecule has 0 aromatic heterocycles. The zero-order valence-corrected chi connectivity index (χ0v) is 19.0. The second kappa shape index (κ2) is 10.5. The first kappa shape index (κ1) is 32.1. The summed E-state index contributed by atoms with van der Waals surface area (Å²) < 4.78 is 213. The molecule has 0 aliphatic heterocycles. The van der Waals surface area contributed by atoms with Gasteiger partial charge in [-0.3, -0.25) is 4.28 Å². The monoisotopic (exact) mass is 611 g/mol. The predicted octanol–water partition coefficient (Wildman–Crippen LogP) is 7.07. The Kier molecular flexibility index (Phi) is 8.60. The molecule has 0 radical (unpaired) electrons. The Hall–Kier alpha value is -3.12. The molecule has 0 saturated carbocycles. The zero-order valence-electron chi connectivity index (χ0n) is 18.2. The zero-order chi connectivity index (χ0) is 30.2. The van der Waals surface area contributed by atoms with E-state index in [1.54, 1.807) is 0 Å². The summed E-state index contributed by atoms with van der Waals surface area (Å²) in [5.41, 5.74) is -4.34. The van der Waals surface area contributed by atoms with Crippen molar-refractivity contribution >= 4 is 15.8 Å². The van der Waals surface area contributed by atoms with Crippen LogP contribution < -0.4 is 0 Å². The molecular weight excluding hydrogens is 600 g/mol. The lowest BCUT2D eigenvalue weighted by Gasteiger charge is -2.32. The highest BCUT2D eigenvalue weighted by molar-refractivity contribution is 7.87. The first-order valence-corrected chi connectivity index (χ1v) is 11.1. The Bertz CT molecular complexity index is 1290. The quantitative estimate of drug-likeness (QED) is 0.164. The minimum Gasteiger partial charge on any atom is -0.263 e. The topological polar surface area (TPSA) is 55.7 Å². The van der Waals surface area contributed by atoms with Gasteiger partial charge in [0.15, 0.2) is 5.71 Å². The highest BCUT2D eigenvalue weighted by atomic mass is 32.2. The first-order valence-electron chi connectivity index (χ1n) is 9.70. The maximum atomic E-state index is 14.7. The number of hydrogen-bond donors (Lipinski definition) is 0. The molecule has 218 valence electrons. The summed E-state index contributed by atoms with van der Waals surface area (Å²) in [6, 6.07) is 9.67. The molecular formula is C20H11F14NO3S. The van der Waals surface area contributed by atoms with Crippen LogP contribution >= 0.6 is 0 Å². The van der Waals surface area contributed by atoms with Crippen LogP contribution in [0, 0.1) is 0 Å². The molecule has 2 aromatic rings. The third kappa shape index (κ3) is 5.62. The second-order valence-electron chi connectivity index (χ2n) is 7.40. The summed E-state index contributed by atoms with van der Waals surface area (Å²) >= 11 is 0. The smallest absolute Gasteiger partial charge is 0.263 e. The third-order valence-electron chi connectivity index (χ3n) is 4.81. The van der Waals surface area contributed by atoms with E-state index in [4.69, 9.17) is 0 Å². The molecule has 0 spiro atoms. The van der Waals surface area contributed by atoms with Crippen molar-refractivity contribution in [1.82, 2.24) is 0 Å². The van der Waals surface area contributed by atoms with Gasteiger partial charge in [0.25, 0.3) is 6.43 Å². The van der Waals surface area contributed by atoms with Crippen molar-refractivity contribution < 1.29 is 74.2 Å². The van der Waals surface area contributed by atoms with E-state index in [2.05, 4.69) is 4.28 Å². The number of nitrogens with zero attached hydrogens (tertiary/aromatic N) is 1. The van der Waals surface area contributed by atoms with Gasteiger partial charge in [-0.2, -0.15) is 56.7 Å². The van der Waals surface area contributed by atoms with Gasteiger partial charge in [-0.25, -0.2) is 13.2 Å². The lowest BCUT2D eigenvalue weighted by atomic mass is 9.92. The molecule has 0 amide bonds. The predicted molar refractivity (Wildman–Crippen MR) is 105 cm³/mol. The van der Waals surface area contributed by atoms with Gasteiger partial charge in [-0.15, -0.1) is 0 Å². The SMILES string of the molecule is O=S(=O)(ON=C(c1ccccc1-c1ccccc1)C(F)(F)C(F)C(F)F)C(F)(F)C(F)(F)C(F)(F)C(F)(F)F. The fourth-order valence-corrected chi connectivity index (χ4v) is 3.50. The Morgan fingerprint density at radius 1 is 0.718 bits per heavy atom. The van der Waals surface area contributed by atoms with Crippen molar-refractivity contribution in [2.24, 2.45) is 5.16 Å². The fraction of sp³-hybridized carbons (Fsp3) is 0.350. The van der Waals surface area contributed by atoms with Crippen LogP contribution in [0.4, 0.5) is 61.5 Å². The van der Waals surface area contributed by atoms with Crippen LogP contribution in [0.25, 0.3) is 11.1 Å². The van der Waals surface area contributed by atoms with Crippen molar-refractivity contribution in [3.05, 3.63) is 60.2 Å². The molecule has 19 heteroatoms. The molecule has 0 aliphatic rings. The molecule has 0 fully saturated rings. The average molecular weight is 611 g/mol. The summed E-state index contributed by atoms with van der Waals surface area (Å²) in [5.74, 6) is -21.2. The molecule has 1 unspecified atom stereocenters. The van der Waals surface area contributed by atoms with E-state index in [-0.39, 0.29) is 5.56 Å². The largest absolute Gasteiger partial charge is 0.460 e. The second-order valence-corrected chi connectivity index (χ2v) is 8.97. The molecule has 0 bridgehead atoms. The molecule has 1 atom stereocenters. The summed E-state index contributed by atoms with van der Waals surface area (Å²) in [6.07, 6.45) is -16.6. The summed E-state index contributed by atoms with van der Waals surface area (Å²) in [6.45, 7) is 0. The maximum absolute atomic E-state index is 14.7. The Balaban J connectivity index is 2.76. The van der Waals surface area contributed by atoms with Crippen LogP contribution in [0.3, 0.4) is 0 Å². The van der Waals surface area contributed by atoms with E-state index in [0.29, 0.717) is 6.07 Å². The minimum absolute atomic E-state index is 0.0893. The van der Waals surface area contributed by atoms with E-state index in [0.717, 1.165) is 18.2 Å². The van der Waals surface area contributed by atoms with E-state index in [1.807, 2.05) is 5.16 Å².